The molecule has 0 aliphatic rings. The molecule has 7 heteroatoms. The van der Waals surface area contributed by atoms with E-state index in [9.17, 15) is 9.00 Å². The third-order valence-electron chi connectivity index (χ3n) is 2.02. The van der Waals surface area contributed by atoms with Crippen LogP contribution in [0, 0.1) is 0 Å². The number of rotatable bonds is 5. The Hall–Kier alpha value is -1.50. The van der Waals surface area contributed by atoms with Gasteiger partial charge in [-0.15, -0.1) is 0 Å². The number of carboxylic acids is 1. The minimum absolute atomic E-state index is 0.0800. The molecule has 0 aromatic carbocycles. The molecule has 0 amide bonds. The van der Waals surface area contributed by atoms with E-state index >= 15 is 0 Å². The molecule has 0 bridgehead atoms. The van der Waals surface area contributed by atoms with Crippen LogP contribution >= 0.6 is 0 Å². The third kappa shape index (κ3) is 3.27. The summed E-state index contributed by atoms with van der Waals surface area (Å²) in [6.07, 6.45) is 4.32. The van der Waals surface area contributed by atoms with Gasteiger partial charge in [-0.3, -0.25) is 4.21 Å². The normalized spacial score (nSPS) is 14.1. The Bertz CT molecular complexity index is 411. The van der Waals surface area contributed by atoms with Gasteiger partial charge in [0.15, 0.2) is 11.5 Å². The summed E-state index contributed by atoms with van der Waals surface area (Å²) in [6, 6.07) is 0. The molecule has 2 atom stereocenters. The van der Waals surface area contributed by atoms with E-state index in [1.807, 2.05) is 0 Å². The van der Waals surface area contributed by atoms with Crippen LogP contribution in [0.2, 0.25) is 0 Å². The molecule has 0 aliphatic carbocycles. The highest BCUT2D eigenvalue weighted by Gasteiger charge is 2.13. The number of carbonyl (C=O) groups is 1. The van der Waals surface area contributed by atoms with Crippen molar-refractivity contribution < 1.29 is 14.1 Å². The van der Waals surface area contributed by atoms with E-state index in [0.29, 0.717) is 6.54 Å². The third-order valence-corrected chi connectivity index (χ3v) is 3.32. The lowest BCUT2D eigenvalue weighted by molar-refractivity contribution is 0.0691. The minimum Gasteiger partial charge on any atom is -0.476 e. The maximum absolute atomic E-state index is 11.1. The molecule has 0 fully saturated rings. The molecule has 2 N–H and O–H groups in total. The largest absolute Gasteiger partial charge is 0.476 e. The molecular weight excluding hydrogens is 230 g/mol. The summed E-state index contributed by atoms with van der Waals surface area (Å²) in [5.41, 5.74) is -0.128. The molecule has 16 heavy (non-hydrogen) atoms. The highest BCUT2D eigenvalue weighted by atomic mass is 32.2. The molecular formula is C9H13N3O3S. The van der Waals surface area contributed by atoms with Crippen LogP contribution in [0.3, 0.4) is 0 Å². The first-order valence-electron chi connectivity index (χ1n) is 4.62. The fraction of sp³-hybridized carbons (Fsp3) is 0.444. The van der Waals surface area contributed by atoms with Crippen molar-refractivity contribution >= 4 is 22.6 Å². The number of nitrogens with zero attached hydrogens (tertiary/aromatic N) is 2. The smallest absolute Gasteiger partial charge is 0.358 e. The average Bonchev–Trinajstić information content (AvgIpc) is 2.25. The van der Waals surface area contributed by atoms with Gasteiger partial charge in [-0.1, -0.05) is 0 Å². The molecule has 6 nitrogen and oxygen atoms in total. The molecule has 88 valence electrons. The van der Waals surface area contributed by atoms with E-state index in [-0.39, 0.29) is 16.8 Å². The van der Waals surface area contributed by atoms with Crippen molar-refractivity contribution in [3.63, 3.8) is 0 Å². The van der Waals surface area contributed by atoms with Crippen LogP contribution in [0.15, 0.2) is 12.4 Å². The van der Waals surface area contributed by atoms with Gasteiger partial charge in [0.25, 0.3) is 0 Å². The first kappa shape index (κ1) is 12.6. The lowest BCUT2D eigenvalue weighted by atomic mass is 10.4. The molecule has 0 saturated heterocycles. The van der Waals surface area contributed by atoms with Crippen LogP contribution in [0.5, 0.6) is 0 Å². The van der Waals surface area contributed by atoms with Crippen molar-refractivity contribution in [1.82, 2.24) is 9.97 Å². The number of carboxylic acid groups (broad SMARTS) is 1. The Balaban J connectivity index is 2.74. The van der Waals surface area contributed by atoms with Gasteiger partial charge in [0.2, 0.25) is 0 Å². The second-order valence-corrected chi connectivity index (χ2v) is 5.05. The fourth-order valence-electron chi connectivity index (χ4n) is 0.982. The van der Waals surface area contributed by atoms with E-state index in [4.69, 9.17) is 5.11 Å². The minimum atomic E-state index is -1.14. The summed E-state index contributed by atoms with van der Waals surface area (Å²) in [5, 5.41) is 11.6. The van der Waals surface area contributed by atoms with Crippen molar-refractivity contribution in [3.8, 4) is 0 Å². The Morgan fingerprint density at radius 2 is 2.19 bits per heavy atom. The van der Waals surface area contributed by atoms with Gasteiger partial charge in [-0.25, -0.2) is 14.8 Å². The van der Waals surface area contributed by atoms with Crippen LogP contribution in [-0.2, 0) is 10.8 Å². The molecule has 1 heterocycles. The SMILES string of the molecule is CC(CNc1nccnc1C(=O)O)S(C)=O. The number of anilines is 1. The summed E-state index contributed by atoms with van der Waals surface area (Å²) < 4.78 is 11.1. The second kappa shape index (κ2) is 5.55. The zero-order chi connectivity index (χ0) is 12.1. The highest BCUT2D eigenvalue weighted by molar-refractivity contribution is 7.84. The maximum atomic E-state index is 11.1. The van der Waals surface area contributed by atoms with Gasteiger partial charge in [-0.2, -0.15) is 0 Å². The molecule has 0 spiro atoms. The Morgan fingerprint density at radius 3 is 2.75 bits per heavy atom. The number of aromatic carboxylic acids is 1. The van der Waals surface area contributed by atoms with E-state index in [0.717, 1.165) is 0 Å². The van der Waals surface area contributed by atoms with Gasteiger partial charge in [0, 0.05) is 41.2 Å². The van der Waals surface area contributed by atoms with E-state index in [1.165, 1.54) is 12.4 Å². The summed E-state index contributed by atoms with van der Waals surface area (Å²) in [7, 11) is -0.959. The maximum Gasteiger partial charge on any atom is 0.358 e. The van der Waals surface area contributed by atoms with Gasteiger partial charge in [0.05, 0.1) is 0 Å². The predicted molar refractivity (Wildman–Crippen MR) is 61.0 cm³/mol. The zero-order valence-electron chi connectivity index (χ0n) is 9.01. The average molecular weight is 243 g/mol. The number of hydrogen-bond acceptors (Lipinski definition) is 5. The van der Waals surface area contributed by atoms with Crippen molar-refractivity contribution in [2.24, 2.45) is 0 Å². The first-order chi connectivity index (χ1) is 7.52. The summed E-state index contributed by atoms with van der Waals surface area (Å²) in [6.45, 7) is 2.20. The Labute approximate surface area is 95.6 Å². The summed E-state index contributed by atoms with van der Waals surface area (Å²) >= 11 is 0. The Morgan fingerprint density at radius 1 is 1.56 bits per heavy atom. The zero-order valence-corrected chi connectivity index (χ0v) is 9.82. The molecule has 0 radical (unpaired) electrons. The molecule has 1 aromatic heterocycles. The van der Waals surface area contributed by atoms with Gasteiger partial charge < -0.3 is 10.4 Å². The summed E-state index contributed by atoms with van der Waals surface area (Å²) in [5.74, 6) is -0.937. The molecule has 1 aromatic rings. The van der Waals surface area contributed by atoms with Crippen LogP contribution in [0.1, 0.15) is 17.4 Å². The summed E-state index contributed by atoms with van der Waals surface area (Å²) in [4.78, 5) is 18.4. The van der Waals surface area contributed by atoms with E-state index < -0.39 is 16.8 Å². The van der Waals surface area contributed by atoms with Crippen molar-refractivity contribution in [1.29, 1.82) is 0 Å². The van der Waals surface area contributed by atoms with E-state index in [2.05, 4.69) is 15.3 Å². The van der Waals surface area contributed by atoms with Crippen molar-refractivity contribution in [2.75, 3.05) is 18.1 Å². The topological polar surface area (TPSA) is 92.2 Å². The number of nitrogens with one attached hydrogen (secondary N) is 1. The van der Waals surface area contributed by atoms with Crippen LogP contribution in [-0.4, -0.2) is 43.3 Å². The second-order valence-electron chi connectivity index (χ2n) is 3.25. The monoisotopic (exact) mass is 243 g/mol. The van der Waals surface area contributed by atoms with E-state index in [1.54, 1.807) is 13.2 Å². The van der Waals surface area contributed by atoms with Crippen LogP contribution in [0.25, 0.3) is 0 Å². The number of aromatic nitrogens is 2. The fourth-order valence-corrected chi connectivity index (χ4v) is 1.30. The highest BCUT2D eigenvalue weighted by Crippen LogP contribution is 2.08. The predicted octanol–water partition coefficient (Wildman–Crippen LogP) is 0.354. The quantitative estimate of drug-likeness (QED) is 0.775. The first-order valence-corrected chi connectivity index (χ1v) is 6.25. The standard InChI is InChI=1S/C9H13N3O3S/c1-6(16(2)15)5-12-8-7(9(13)14)10-3-4-11-8/h3-4,6H,5H2,1-2H3,(H,11,12)(H,13,14). The molecule has 2 unspecified atom stereocenters. The molecule has 1 rings (SSSR count). The van der Waals surface area contributed by atoms with Gasteiger partial charge in [-0.05, 0) is 6.92 Å². The van der Waals surface area contributed by atoms with Crippen molar-refractivity contribution in [2.45, 2.75) is 12.2 Å². The lowest BCUT2D eigenvalue weighted by Gasteiger charge is -2.11. The lowest BCUT2D eigenvalue weighted by Crippen LogP contribution is -2.22. The van der Waals surface area contributed by atoms with Crippen molar-refractivity contribution in [3.05, 3.63) is 18.1 Å². The molecule has 0 saturated carbocycles. The van der Waals surface area contributed by atoms with Crippen LogP contribution < -0.4 is 5.32 Å². The Kier molecular flexibility index (Phi) is 4.36. The van der Waals surface area contributed by atoms with Gasteiger partial charge in [0.1, 0.15) is 0 Å². The number of hydrogen-bond donors (Lipinski definition) is 2. The van der Waals surface area contributed by atoms with Gasteiger partial charge >= 0.3 is 5.97 Å². The molecule has 0 aliphatic heterocycles. The van der Waals surface area contributed by atoms with Crippen LogP contribution in [0.4, 0.5) is 5.82 Å².